The van der Waals surface area contributed by atoms with Crippen molar-refractivity contribution in [2.45, 2.75) is 27.2 Å². The monoisotopic (exact) mass is 264 g/mol. The molecular formula is C14H24N4O. The lowest BCUT2D eigenvalue weighted by Gasteiger charge is -2.32. The molecule has 0 fully saturated rings. The van der Waals surface area contributed by atoms with E-state index in [2.05, 4.69) is 30.7 Å². The summed E-state index contributed by atoms with van der Waals surface area (Å²) in [6, 6.07) is 3.37. The smallest absolute Gasteiger partial charge is 0.248 e. The topological polar surface area (TPSA) is 85.2 Å². The van der Waals surface area contributed by atoms with E-state index >= 15 is 0 Å². The second-order valence-corrected chi connectivity index (χ2v) is 5.56. The van der Waals surface area contributed by atoms with E-state index in [0.717, 1.165) is 25.3 Å². The molecule has 0 saturated carbocycles. The molecule has 0 bridgehead atoms. The standard InChI is InChI=1S/C14H24N4O/c1-4-7-18(10-14(2,3)9-15)12-8-11(13(16)19)5-6-17-12/h5-6,8H,4,7,9-10,15H2,1-3H3,(H2,16,19). The minimum Gasteiger partial charge on any atom is -0.366 e. The molecule has 1 rings (SSSR count). The molecule has 19 heavy (non-hydrogen) atoms. The summed E-state index contributed by atoms with van der Waals surface area (Å²) in [6.07, 6.45) is 2.62. The highest BCUT2D eigenvalue weighted by Gasteiger charge is 2.21. The van der Waals surface area contributed by atoms with Gasteiger partial charge >= 0.3 is 0 Å². The van der Waals surface area contributed by atoms with Crippen LogP contribution in [0.25, 0.3) is 0 Å². The summed E-state index contributed by atoms with van der Waals surface area (Å²) in [6.45, 7) is 8.62. The third kappa shape index (κ3) is 4.52. The third-order valence-electron chi connectivity index (χ3n) is 3.02. The average Bonchev–Trinajstić information content (AvgIpc) is 2.38. The first-order chi connectivity index (χ1) is 8.89. The molecule has 106 valence electrons. The molecule has 0 aliphatic rings. The largest absolute Gasteiger partial charge is 0.366 e. The summed E-state index contributed by atoms with van der Waals surface area (Å²) >= 11 is 0. The Bertz CT molecular complexity index is 431. The predicted octanol–water partition coefficient (Wildman–Crippen LogP) is 1.38. The van der Waals surface area contributed by atoms with Gasteiger partial charge in [-0.05, 0) is 30.5 Å². The van der Waals surface area contributed by atoms with Crippen LogP contribution in [0.1, 0.15) is 37.6 Å². The maximum Gasteiger partial charge on any atom is 0.248 e. The fraction of sp³-hybridized carbons (Fsp3) is 0.571. The molecule has 1 amide bonds. The first kappa shape index (κ1) is 15.4. The number of carbonyl (C=O) groups excluding carboxylic acids is 1. The first-order valence-corrected chi connectivity index (χ1v) is 6.60. The molecule has 5 nitrogen and oxygen atoms in total. The summed E-state index contributed by atoms with van der Waals surface area (Å²) in [5, 5.41) is 0. The zero-order valence-electron chi connectivity index (χ0n) is 12.0. The van der Waals surface area contributed by atoms with Gasteiger partial charge in [0.2, 0.25) is 5.91 Å². The molecule has 0 aliphatic carbocycles. The lowest BCUT2D eigenvalue weighted by atomic mass is 9.93. The van der Waals surface area contributed by atoms with Gasteiger partial charge in [-0.25, -0.2) is 4.98 Å². The summed E-state index contributed by atoms with van der Waals surface area (Å²) in [5.41, 5.74) is 11.6. The van der Waals surface area contributed by atoms with Crippen LogP contribution in [0.3, 0.4) is 0 Å². The molecular weight excluding hydrogens is 240 g/mol. The van der Waals surface area contributed by atoms with Crippen molar-refractivity contribution in [2.75, 3.05) is 24.5 Å². The van der Waals surface area contributed by atoms with Crippen molar-refractivity contribution in [1.82, 2.24) is 4.98 Å². The van der Waals surface area contributed by atoms with Gasteiger partial charge < -0.3 is 16.4 Å². The van der Waals surface area contributed by atoms with Gasteiger partial charge in [0.15, 0.2) is 0 Å². The van der Waals surface area contributed by atoms with Crippen LogP contribution < -0.4 is 16.4 Å². The number of hydrogen-bond acceptors (Lipinski definition) is 4. The maximum absolute atomic E-state index is 11.2. The Morgan fingerprint density at radius 3 is 2.68 bits per heavy atom. The molecule has 1 aromatic rings. The van der Waals surface area contributed by atoms with E-state index in [9.17, 15) is 4.79 Å². The second kappa shape index (κ2) is 6.52. The van der Waals surface area contributed by atoms with Gasteiger partial charge in [-0.2, -0.15) is 0 Å². The Hall–Kier alpha value is -1.62. The van der Waals surface area contributed by atoms with E-state index in [1.165, 1.54) is 0 Å². The highest BCUT2D eigenvalue weighted by Crippen LogP contribution is 2.20. The number of rotatable bonds is 7. The number of anilines is 1. The lowest BCUT2D eigenvalue weighted by Crippen LogP contribution is -2.39. The van der Waals surface area contributed by atoms with Crippen molar-refractivity contribution < 1.29 is 4.79 Å². The van der Waals surface area contributed by atoms with E-state index in [1.54, 1.807) is 18.3 Å². The van der Waals surface area contributed by atoms with Crippen LogP contribution in [0.2, 0.25) is 0 Å². The van der Waals surface area contributed by atoms with Crippen molar-refractivity contribution in [3.05, 3.63) is 23.9 Å². The number of aromatic nitrogens is 1. The van der Waals surface area contributed by atoms with Crippen molar-refractivity contribution in [1.29, 1.82) is 0 Å². The summed E-state index contributed by atoms with van der Waals surface area (Å²) in [5.74, 6) is 0.345. The fourth-order valence-corrected chi connectivity index (χ4v) is 1.87. The third-order valence-corrected chi connectivity index (χ3v) is 3.02. The maximum atomic E-state index is 11.2. The molecule has 5 heteroatoms. The molecule has 0 aromatic carbocycles. The van der Waals surface area contributed by atoms with Gasteiger partial charge in [0, 0.05) is 24.8 Å². The van der Waals surface area contributed by atoms with Crippen molar-refractivity contribution in [3.63, 3.8) is 0 Å². The van der Waals surface area contributed by atoms with Gasteiger partial charge in [0.25, 0.3) is 0 Å². The van der Waals surface area contributed by atoms with Gasteiger partial charge in [-0.3, -0.25) is 4.79 Å². The van der Waals surface area contributed by atoms with Gasteiger partial charge in [0.05, 0.1) is 0 Å². The molecule has 4 N–H and O–H groups in total. The molecule has 0 radical (unpaired) electrons. The van der Waals surface area contributed by atoms with Crippen molar-refractivity contribution in [3.8, 4) is 0 Å². The van der Waals surface area contributed by atoms with Crippen LogP contribution in [0, 0.1) is 5.41 Å². The SMILES string of the molecule is CCCN(CC(C)(C)CN)c1cc(C(N)=O)ccn1. The number of amides is 1. The van der Waals surface area contributed by atoms with E-state index in [0.29, 0.717) is 12.1 Å². The van der Waals surface area contributed by atoms with Crippen molar-refractivity contribution >= 4 is 11.7 Å². The summed E-state index contributed by atoms with van der Waals surface area (Å²) in [7, 11) is 0. The number of nitrogens with zero attached hydrogens (tertiary/aromatic N) is 2. The second-order valence-electron chi connectivity index (χ2n) is 5.56. The zero-order chi connectivity index (χ0) is 14.5. The lowest BCUT2D eigenvalue weighted by molar-refractivity contribution is 0.1000. The van der Waals surface area contributed by atoms with Crippen LogP contribution in [0.4, 0.5) is 5.82 Å². The predicted molar refractivity (Wildman–Crippen MR) is 78.1 cm³/mol. The van der Waals surface area contributed by atoms with Crippen LogP contribution in [-0.2, 0) is 0 Å². The van der Waals surface area contributed by atoms with Gasteiger partial charge in [-0.1, -0.05) is 20.8 Å². The number of hydrogen-bond donors (Lipinski definition) is 2. The normalized spacial score (nSPS) is 11.4. The van der Waals surface area contributed by atoms with E-state index in [4.69, 9.17) is 11.5 Å². The Kier molecular flexibility index (Phi) is 5.30. The summed E-state index contributed by atoms with van der Waals surface area (Å²) in [4.78, 5) is 17.7. The zero-order valence-corrected chi connectivity index (χ0v) is 12.0. The fourth-order valence-electron chi connectivity index (χ4n) is 1.87. The number of carbonyl (C=O) groups is 1. The summed E-state index contributed by atoms with van der Waals surface area (Å²) < 4.78 is 0. The molecule has 0 unspecified atom stereocenters. The molecule has 0 spiro atoms. The first-order valence-electron chi connectivity index (χ1n) is 6.60. The van der Waals surface area contributed by atoms with E-state index in [-0.39, 0.29) is 5.41 Å². The minimum absolute atomic E-state index is 0.000418. The van der Waals surface area contributed by atoms with Crippen molar-refractivity contribution in [2.24, 2.45) is 16.9 Å². The Morgan fingerprint density at radius 2 is 2.16 bits per heavy atom. The number of primary amides is 1. The highest BCUT2D eigenvalue weighted by molar-refractivity contribution is 5.93. The molecule has 0 aliphatic heterocycles. The van der Waals surface area contributed by atoms with Crippen LogP contribution in [0.15, 0.2) is 18.3 Å². The van der Waals surface area contributed by atoms with E-state index < -0.39 is 5.91 Å². The highest BCUT2D eigenvalue weighted by atomic mass is 16.1. The molecule has 1 heterocycles. The quantitative estimate of drug-likeness (QED) is 0.779. The molecule has 0 atom stereocenters. The van der Waals surface area contributed by atoms with Gasteiger partial charge in [-0.15, -0.1) is 0 Å². The Labute approximate surface area is 115 Å². The minimum atomic E-state index is -0.432. The van der Waals surface area contributed by atoms with Crippen LogP contribution in [0.5, 0.6) is 0 Å². The van der Waals surface area contributed by atoms with E-state index in [1.807, 2.05) is 0 Å². The number of pyridine rings is 1. The Balaban J connectivity index is 2.98. The molecule has 0 saturated heterocycles. The van der Waals surface area contributed by atoms with Crippen LogP contribution in [-0.4, -0.2) is 30.5 Å². The molecule has 1 aromatic heterocycles. The van der Waals surface area contributed by atoms with Gasteiger partial charge in [0.1, 0.15) is 5.82 Å². The van der Waals surface area contributed by atoms with Crippen LogP contribution >= 0.6 is 0 Å². The number of nitrogens with two attached hydrogens (primary N) is 2. The Morgan fingerprint density at radius 1 is 1.47 bits per heavy atom. The average molecular weight is 264 g/mol.